The van der Waals surface area contributed by atoms with E-state index in [1.165, 1.54) is 7.11 Å². The van der Waals surface area contributed by atoms with Gasteiger partial charge in [-0.05, 0) is 24.7 Å². The Labute approximate surface area is 119 Å². The predicted molar refractivity (Wildman–Crippen MR) is 72.0 cm³/mol. The Morgan fingerprint density at radius 2 is 1.90 bits per heavy atom. The number of methoxy groups -OCH3 is 1. The smallest absolute Gasteiger partial charge is 0.328 e. The van der Waals surface area contributed by atoms with Gasteiger partial charge in [-0.2, -0.15) is 0 Å². The maximum Gasteiger partial charge on any atom is 0.328 e. The summed E-state index contributed by atoms with van der Waals surface area (Å²) in [6.45, 7) is 4.02. The molecule has 0 saturated carbocycles. The van der Waals surface area contributed by atoms with Crippen LogP contribution in [0.2, 0.25) is 0 Å². The monoisotopic (exact) mass is 285 g/mol. The van der Waals surface area contributed by atoms with Crippen molar-refractivity contribution >= 4 is 17.8 Å². The average Bonchev–Trinajstić information content (AvgIpc) is 2.35. The Kier molecular flexibility index (Phi) is 5.53. The highest BCUT2D eigenvalue weighted by Gasteiger charge is 2.35. The standard InChI is InChI=1S/C14H23NO5/c1-14(2,9-12(17)18)8-11(16)15-7-5-4-6-10(15)13(19)20-3/h10H,4-9H2,1-3H3,(H,17,18). The van der Waals surface area contributed by atoms with Crippen LogP contribution in [-0.2, 0) is 19.1 Å². The van der Waals surface area contributed by atoms with Gasteiger partial charge >= 0.3 is 11.9 Å². The normalized spacial score (nSPS) is 19.6. The number of nitrogens with zero attached hydrogens (tertiary/aromatic N) is 1. The summed E-state index contributed by atoms with van der Waals surface area (Å²) in [4.78, 5) is 36.4. The molecule has 0 aromatic rings. The number of carboxylic acids is 1. The fraction of sp³-hybridized carbons (Fsp3) is 0.786. The van der Waals surface area contributed by atoms with E-state index in [4.69, 9.17) is 9.84 Å². The lowest BCUT2D eigenvalue weighted by molar-refractivity contribution is -0.156. The van der Waals surface area contributed by atoms with E-state index in [9.17, 15) is 14.4 Å². The van der Waals surface area contributed by atoms with Crippen LogP contribution in [0, 0.1) is 5.41 Å². The van der Waals surface area contributed by atoms with E-state index in [0.29, 0.717) is 13.0 Å². The van der Waals surface area contributed by atoms with Crippen LogP contribution in [0.5, 0.6) is 0 Å². The minimum absolute atomic E-state index is 0.0739. The number of carbonyl (C=O) groups is 3. The van der Waals surface area contributed by atoms with Crippen LogP contribution in [-0.4, -0.2) is 47.5 Å². The number of hydrogen-bond acceptors (Lipinski definition) is 4. The first-order valence-electron chi connectivity index (χ1n) is 6.86. The van der Waals surface area contributed by atoms with Gasteiger partial charge in [-0.3, -0.25) is 9.59 Å². The third-order valence-electron chi connectivity index (χ3n) is 3.56. The quantitative estimate of drug-likeness (QED) is 0.772. The van der Waals surface area contributed by atoms with E-state index in [1.54, 1.807) is 18.7 Å². The van der Waals surface area contributed by atoms with Crippen molar-refractivity contribution in [2.45, 2.75) is 52.0 Å². The van der Waals surface area contributed by atoms with E-state index in [2.05, 4.69) is 0 Å². The zero-order valence-corrected chi connectivity index (χ0v) is 12.3. The van der Waals surface area contributed by atoms with Crippen molar-refractivity contribution in [1.29, 1.82) is 0 Å². The zero-order chi connectivity index (χ0) is 15.3. The van der Waals surface area contributed by atoms with Crippen LogP contribution in [0.15, 0.2) is 0 Å². The molecule has 0 radical (unpaired) electrons. The molecule has 6 heteroatoms. The van der Waals surface area contributed by atoms with Gasteiger partial charge in [0, 0.05) is 13.0 Å². The summed E-state index contributed by atoms with van der Waals surface area (Å²) in [5.41, 5.74) is -0.624. The molecular weight excluding hydrogens is 262 g/mol. The molecule has 1 amide bonds. The second kappa shape index (κ2) is 6.72. The number of amides is 1. The fourth-order valence-electron chi connectivity index (χ4n) is 2.59. The summed E-state index contributed by atoms with van der Waals surface area (Å²) in [5, 5.41) is 8.85. The third-order valence-corrected chi connectivity index (χ3v) is 3.56. The molecule has 0 aromatic carbocycles. The molecule has 1 atom stereocenters. The average molecular weight is 285 g/mol. The molecule has 6 nitrogen and oxygen atoms in total. The second-order valence-corrected chi connectivity index (χ2v) is 6.03. The minimum Gasteiger partial charge on any atom is -0.481 e. The molecular formula is C14H23NO5. The van der Waals surface area contributed by atoms with Gasteiger partial charge in [0.15, 0.2) is 0 Å². The van der Waals surface area contributed by atoms with Crippen molar-refractivity contribution in [2.24, 2.45) is 5.41 Å². The number of esters is 1. The molecule has 1 unspecified atom stereocenters. The molecule has 0 bridgehead atoms. The number of hydrogen-bond donors (Lipinski definition) is 1. The Bertz CT molecular complexity index is 391. The highest BCUT2D eigenvalue weighted by molar-refractivity contribution is 5.85. The lowest BCUT2D eigenvalue weighted by Crippen LogP contribution is -2.49. The molecule has 1 heterocycles. The Hall–Kier alpha value is -1.59. The number of carbonyl (C=O) groups excluding carboxylic acids is 2. The van der Waals surface area contributed by atoms with Gasteiger partial charge < -0.3 is 14.7 Å². The van der Waals surface area contributed by atoms with E-state index < -0.39 is 23.4 Å². The largest absolute Gasteiger partial charge is 0.481 e. The zero-order valence-electron chi connectivity index (χ0n) is 12.3. The molecule has 0 aliphatic carbocycles. The summed E-state index contributed by atoms with van der Waals surface area (Å²) in [7, 11) is 1.31. The highest BCUT2D eigenvalue weighted by atomic mass is 16.5. The van der Waals surface area contributed by atoms with Crippen LogP contribution in [0.4, 0.5) is 0 Å². The maximum atomic E-state index is 12.4. The third kappa shape index (κ3) is 4.51. The van der Waals surface area contributed by atoms with Gasteiger partial charge in [-0.15, -0.1) is 0 Å². The molecule has 20 heavy (non-hydrogen) atoms. The molecule has 1 saturated heterocycles. The van der Waals surface area contributed by atoms with E-state index in [-0.39, 0.29) is 18.7 Å². The van der Waals surface area contributed by atoms with Crippen LogP contribution < -0.4 is 0 Å². The van der Waals surface area contributed by atoms with Gasteiger partial charge in [-0.1, -0.05) is 13.8 Å². The number of likely N-dealkylation sites (tertiary alicyclic amines) is 1. The van der Waals surface area contributed by atoms with Crippen molar-refractivity contribution in [3.63, 3.8) is 0 Å². The van der Waals surface area contributed by atoms with Gasteiger partial charge in [-0.25, -0.2) is 4.79 Å². The summed E-state index contributed by atoms with van der Waals surface area (Å²) in [6.07, 6.45) is 2.40. The van der Waals surface area contributed by atoms with Gasteiger partial charge in [0.2, 0.25) is 5.91 Å². The van der Waals surface area contributed by atoms with E-state index >= 15 is 0 Å². The minimum atomic E-state index is -0.925. The molecule has 1 N–H and O–H groups in total. The first-order valence-corrected chi connectivity index (χ1v) is 6.86. The summed E-state index contributed by atoms with van der Waals surface area (Å²) in [6, 6.07) is -0.526. The second-order valence-electron chi connectivity index (χ2n) is 6.03. The van der Waals surface area contributed by atoms with Crippen molar-refractivity contribution in [2.75, 3.05) is 13.7 Å². The highest BCUT2D eigenvalue weighted by Crippen LogP contribution is 2.28. The molecule has 1 aliphatic heterocycles. The molecule has 1 rings (SSSR count). The molecule has 1 aliphatic rings. The first-order chi connectivity index (χ1) is 9.26. The van der Waals surface area contributed by atoms with Crippen molar-refractivity contribution in [3.05, 3.63) is 0 Å². The Morgan fingerprint density at radius 1 is 1.25 bits per heavy atom. The van der Waals surface area contributed by atoms with E-state index in [1.807, 2.05) is 0 Å². The topological polar surface area (TPSA) is 83.9 Å². The Morgan fingerprint density at radius 3 is 2.45 bits per heavy atom. The molecule has 114 valence electrons. The lowest BCUT2D eigenvalue weighted by atomic mass is 9.84. The van der Waals surface area contributed by atoms with Crippen molar-refractivity contribution < 1.29 is 24.2 Å². The summed E-state index contributed by atoms with van der Waals surface area (Å²) < 4.78 is 4.74. The van der Waals surface area contributed by atoms with Crippen LogP contribution >= 0.6 is 0 Å². The molecule has 1 fully saturated rings. The van der Waals surface area contributed by atoms with Gasteiger partial charge in [0.05, 0.1) is 13.5 Å². The summed E-state index contributed by atoms with van der Waals surface area (Å²) in [5.74, 6) is -1.49. The number of ether oxygens (including phenoxy) is 1. The van der Waals surface area contributed by atoms with Gasteiger partial charge in [0.25, 0.3) is 0 Å². The maximum absolute atomic E-state index is 12.4. The number of piperidine rings is 1. The van der Waals surface area contributed by atoms with Crippen LogP contribution in [0.25, 0.3) is 0 Å². The van der Waals surface area contributed by atoms with Crippen LogP contribution in [0.3, 0.4) is 0 Å². The first kappa shape index (κ1) is 16.5. The molecule has 0 aromatic heterocycles. The number of rotatable bonds is 5. The SMILES string of the molecule is COC(=O)C1CCCCN1C(=O)CC(C)(C)CC(=O)O. The molecule has 0 spiro atoms. The Balaban J connectivity index is 2.73. The summed E-state index contributed by atoms with van der Waals surface area (Å²) >= 11 is 0. The predicted octanol–water partition coefficient (Wildman–Crippen LogP) is 1.43. The van der Waals surface area contributed by atoms with Crippen molar-refractivity contribution in [1.82, 2.24) is 4.90 Å². The van der Waals surface area contributed by atoms with Crippen LogP contribution in [0.1, 0.15) is 46.0 Å². The number of carboxylic acid groups (broad SMARTS) is 1. The lowest BCUT2D eigenvalue weighted by Gasteiger charge is -2.35. The van der Waals surface area contributed by atoms with Crippen molar-refractivity contribution in [3.8, 4) is 0 Å². The van der Waals surface area contributed by atoms with E-state index in [0.717, 1.165) is 12.8 Å². The fourth-order valence-corrected chi connectivity index (χ4v) is 2.59. The number of aliphatic carboxylic acids is 1. The van der Waals surface area contributed by atoms with Gasteiger partial charge in [0.1, 0.15) is 6.04 Å².